The first-order chi connectivity index (χ1) is 44.0. The monoisotopic (exact) mass is 2100 g/mol. The summed E-state index contributed by atoms with van der Waals surface area (Å²) in [6.07, 6.45) is 0. The van der Waals surface area contributed by atoms with Crippen molar-refractivity contribution in [2.45, 2.75) is 208 Å². The fourth-order valence-corrected chi connectivity index (χ4v) is 2.19. The van der Waals surface area contributed by atoms with Gasteiger partial charge in [-0.05, 0) is 45.8 Å². The number of carbonyl (C=O) groups is 10. The first kappa shape index (κ1) is 202. The van der Waals surface area contributed by atoms with E-state index in [0.29, 0.717) is 58.9 Å². The smallest absolute Gasteiger partial charge is 0.870 e. The van der Waals surface area contributed by atoms with Crippen LogP contribution in [-0.4, -0.2) is 236 Å². The van der Waals surface area contributed by atoms with Gasteiger partial charge in [0.05, 0.1) is 13.2 Å². The molecule has 0 saturated heterocycles. The quantitative estimate of drug-likeness (QED) is 0.120. The summed E-state index contributed by atoms with van der Waals surface area (Å²) >= 11 is 0. The molecule has 0 fully saturated rings. The van der Waals surface area contributed by atoms with Gasteiger partial charge in [-0.2, -0.15) is 0 Å². The molecule has 0 spiro atoms. The summed E-state index contributed by atoms with van der Waals surface area (Å²) in [6.45, 7) is 49.8. The maximum atomic E-state index is 10.1. The minimum atomic E-state index is -1.01. The van der Waals surface area contributed by atoms with E-state index in [1.807, 2.05) is 0 Å². The Labute approximate surface area is 782 Å². The summed E-state index contributed by atoms with van der Waals surface area (Å²) in [5.41, 5.74) is -6.94. The Morgan fingerprint density at radius 3 is 0.293 bits per heavy atom. The van der Waals surface area contributed by atoms with Crippen LogP contribution in [0.1, 0.15) is 208 Å². The van der Waals surface area contributed by atoms with Crippen molar-refractivity contribution in [3.8, 4) is 0 Å². The van der Waals surface area contributed by atoms with Gasteiger partial charge in [0.15, 0.2) is 0 Å². The molecule has 0 unspecified atom stereocenters. The number of rotatable bonds is 18. The fourth-order valence-electron chi connectivity index (χ4n) is 2.19. The second-order valence-corrected chi connectivity index (χ2v) is 31.3. The Kier molecular flexibility index (Phi) is 187. The first-order valence-corrected chi connectivity index (χ1v) is 31.6. The Hall–Kier alpha value is -1.50. The molecular formula is C68H139Co9N3O36+4. The van der Waals surface area contributed by atoms with Crippen LogP contribution in [0, 0.1) is 54.1 Å². The van der Waals surface area contributed by atoms with Crippen molar-refractivity contribution in [1.82, 2.24) is 14.7 Å². The standard InChI is InChI=1S/2C6H13NO3.C6H12NO3.10C5H10O2.9Co.7H2O/c3*8-4-1-7(2-5-9)3-6-10;10*1-5(2,3)4(6)7;;;;;;;;;;;;;;;;/h2*8H,1-6H2;1-6H2;10*1-3H3,(H,6,7);;;;;;;;;;7*1H2/q2*-2;-3;;;;;;;;;;;3*+2;6*+3;;;;;;;/p-13. The number of aliphatic carboxylic acids is 10. The van der Waals surface area contributed by atoms with Crippen molar-refractivity contribution in [2.24, 2.45) is 54.1 Å². The van der Waals surface area contributed by atoms with Gasteiger partial charge in [0, 0.05) is 127 Å². The molecule has 0 aromatic carbocycles. The van der Waals surface area contributed by atoms with Crippen molar-refractivity contribution in [2.75, 3.05) is 118 Å². The van der Waals surface area contributed by atoms with Crippen molar-refractivity contribution < 1.29 is 334 Å². The third kappa shape index (κ3) is 191. The molecule has 0 atom stereocenters. The predicted octanol–water partition coefficient (Wildman–Crippen LogP) is -15.1. The van der Waals surface area contributed by atoms with Crippen molar-refractivity contribution in [1.29, 1.82) is 0 Å². The van der Waals surface area contributed by atoms with Gasteiger partial charge in [0.25, 0.3) is 0 Å². The van der Waals surface area contributed by atoms with Gasteiger partial charge in [-0.1, -0.05) is 208 Å². The number of aliphatic hydroxyl groups excluding tert-OH is 2. The molecule has 0 aromatic heterocycles. The van der Waals surface area contributed by atoms with E-state index in [1.165, 1.54) is 0 Å². The van der Waals surface area contributed by atoms with Crippen molar-refractivity contribution >= 4 is 59.7 Å². The summed E-state index contributed by atoms with van der Waals surface area (Å²) in [4.78, 5) is 104. The molecule has 0 bridgehead atoms. The molecule has 48 heteroatoms. The zero-order valence-electron chi connectivity index (χ0n) is 72.4. The van der Waals surface area contributed by atoms with Gasteiger partial charge >= 0.3 is 151 Å². The molecule has 719 valence electrons. The van der Waals surface area contributed by atoms with Gasteiger partial charge in [-0.25, -0.2) is 0 Å². The number of aliphatic hydroxyl groups is 2. The molecular weight excluding hydrogens is 1970 g/mol. The number of hydrogen-bond donors (Lipinski definition) is 2. The summed E-state index contributed by atoms with van der Waals surface area (Å²) in [5, 5.41) is 186. The van der Waals surface area contributed by atoms with Gasteiger partial charge in [0.2, 0.25) is 0 Å². The number of nitrogens with zero attached hydrogens (tertiary/aromatic N) is 3. The zero-order valence-corrected chi connectivity index (χ0v) is 81.7. The third-order valence-electron chi connectivity index (χ3n) is 9.81. The molecule has 0 amide bonds. The van der Waals surface area contributed by atoms with Gasteiger partial charge in [0.1, 0.15) is 0 Å². The third-order valence-corrected chi connectivity index (χ3v) is 9.81. The average Bonchev–Trinajstić information content (AvgIpc) is 3.39. The maximum Gasteiger partial charge on any atom is 3.00 e. The Bertz CT molecular complexity index is 1660. The minimum absolute atomic E-state index is 0. The normalized spacial score (nSPS) is 9.60. The second kappa shape index (κ2) is 108. The van der Waals surface area contributed by atoms with Crippen LogP contribution in [0.4, 0.5) is 0 Å². The molecule has 3 radical (unpaired) electrons. The predicted molar refractivity (Wildman–Crippen MR) is 362 cm³/mol. The molecule has 0 rings (SSSR count). The van der Waals surface area contributed by atoms with Crippen molar-refractivity contribution in [3.63, 3.8) is 0 Å². The van der Waals surface area contributed by atoms with E-state index in [-0.39, 0.29) is 249 Å². The number of carboxylic acids is 10. The number of carboxylic acid groups (broad SMARTS) is 10. The molecule has 39 nitrogen and oxygen atoms in total. The van der Waals surface area contributed by atoms with Crippen LogP contribution in [-0.2, 0) is 204 Å². The van der Waals surface area contributed by atoms with Crippen LogP contribution in [0.2, 0.25) is 0 Å². The van der Waals surface area contributed by atoms with Crippen LogP contribution >= 0.6 is 0 Å². The fraction of sp³-hybridized carbons (Fsp3) is 0.853. The zero-order chi connectivity index (χ0) is 84.2. The number of hydrogen-bond acceptors (Lipinski definition) is 36. The summed E-state index contributed by atoms with van der Waals surface area (Å²) < 4.78 is 0. The van der Waals surface area contributed by atoms with E-state index in [2.05, 4.69) is 0 Å². The summed E-state index contributed by atoms with van der Waals surface area (Å²) in [5.74, 6) is -10.1. The number of carbonyl (C=O) groups excluding carboxylic acids is 10. The molecule has 0 aliphatic carbocycles. The Balaban J connectivity index is -0.0000000259. The molecule has 0 heterocycles. The topological polar surface area (TPSA) is 829 Å². The summed E-state index contributed by atoms with van der Waals surface area (Å²) in [6, 6.07) is 0. The van der Waals surface area contributed by atoms with E-state index in [1.54, 1.807) is 222 Å². The van der Waals surface area contributed by atoms with Crippen LogP contribution in [0.5, 0.6) is 0 Å². The van der Waals surface area contributed by atoms with E-state index in [9.17, 15) is 135 Å². The van der Waals surface area contributed by atoms with E-state index in [4.69, 9.17) is 10.2 Å². The van der Waals surface area contributed by atoms with Gasteiger partial charge in [-0.3, -0.25) is 0 Å². The minimum Gasteiger partial charge on any atom is -0.870 e. The molecule has 0 aromatic rings. The van der Waals surface area contributed by atoms with Crippen LogP contribution in [0.25, 0.3) is 0 Å². The Morgan fingerprint density at radius 2 is 0.259 bits per heavy atom. The van der Waals surface area contributed by atoms with Gasteiger partial charge in [-0.15, -0.1) is 46.2 Å². The van der Waals surface area contributed by atoms with E-state index >= 15 is 0 Å². The SMILES string of the molecule is CC(C)(C)C(=O)[O-].CC(C)(C)C(=O)[O-].CC(C)(C)C(=O)[O-].CC(C)(C)C(=O)[O-].CC(C)(C)C(=O)[O-].CC(C)(C)C(=O)[O-].CC(C)(C)C(=O)[O-].CC(C)(C)C(=O)[O-].CC(C)(C)C(=O)[O-].CC(C)(C)C(=O)[O-].O.O.[Co+2].[Co+2].[Co+2].[Co+3].[Co+3].[Co+3].[Co+3].[Co+3].[Co+3].[O-]CCN(CC[O-])CCO.[O-]CCN(CC[O-])CCO.[O-]CCN(CC[O-])CC[O-].[OH-].[OH-].[OH-].[OH-].[OH3+]. The molecule has 0 aliphatic heterocycles. The largest absolute Gasteiger partial charge is 3.00 e. The molecule has 0 saturated carbocycles. The molecule has 116 heavy (non-hydrogen) atoms. The van der Waals surface area contributed by atoms with E-state index < -0.39 is 114 Å². The van der Waals surface area contributed by atoms with E-state index in [0.717, 1.165) is 0 Å². The molecule has 0 aliphatic rings. The maximum absolute atomic E-state index is 10.1. The average molecular weight is 2110 g/mol. The first-order valence-electron chi connectivity index (χ1n) is 31.6. The van der Waals surface area contributed by atoms with Crippen LogP contribution in [0.3, 0.4) is 0 Å². The van der Waals surface area contributed by atoms with Crippen LogP contribution < -0.4 is 86.8 Å². The summed E-state index contributed by atoms with van der Waals surface area (Å²) in [7, 11) is 0. The van der Waals surface area contributed by atoms with Crippen LogP contribution in [0.15, 0.2) is 0 Å². The van der Waals surface area contributed by atoms with Gasteiger partial charge < -0.3 is 198 Å². The molecule has 13 N–H and O–H groups in total. The van der Waals surface area contributed by atoms with Crippen molar-refractivity contribution in [3.05, 3.63) is 0 Å². The Morgan fingerprint density at radius 1 is 0.207 bits per heavy atom. The second-order valence-electron chi connectivity index (χ2n) is 31.3.